The van der Waals surface area contributed by atoms with E-state index in [1.165, 1.54) is 6.26 Å². The molecule has 0 bridgehead atoms. The fourth-order valence-corrected chi connectivity index (χ4v) is 1.87. The zero-order valence-electron chi connectivity index (χ0n) is 11.1. The number of aromatic nitrogens is 1. The first kappa shape index (κ1) is 13.1. The van der Waals surface area contributed by atoms with Gasteiger partial charge in [0, 0.05) is 25.7 Å². The molecule has 2 heterocycles. The van der Waals surface area contributed by atoms with E-state index in [0.29, 0.717) is 24.5 Å². The first-order valence-corrected chi connectivity index (χ1v) is 6.08. The number of furan rings is 1. The average molecular weight is 259 g/mol. The molecule has 0 unspecified atom stereocenters. The van der Waals surface area contributed by atoms with Crippen LogP contribution in [0.3, 0.4) is 0 Å². The van der Waals surface area contributed by atoms with Crippen LogP contribution in [0.25, 0.3) is 0 Å². The summed E-state index contributed by atoms with van der Waals surface area (Å²) >= 11 is 0. The van der Waals surface area contributed by atoms with Crippen molar-refractivity contribution in [3.05, 3.63) is 47.5 Å². The Balaban J connectivity index is 1.96. The van der Waals surface area contributed by atoms with Gasteiger partial charge in [-0.3, -0.25) is 4.79 Å². The summed E-state index contributed by atoms with van der Waals surface area (Å²) in [5.41, 5.74) is 7.65. The molecular formula is C14H17N3O2. The van der Waals surface area contributed by atoms with E-state index in [2.05, 4.69) is 4.98 Å². The van der Waals surface area contributed by atoms with Crippen LogP contribution >= 0.6 is 0 Å². The molecular weight excluding hydrogens is 242 g/mol. The van der Waals surface area contributed by atoms with Crippen molar-refractivity contribution < 1.29 is 9.21 Å². The van der Waals surface area contributed by atoms with Crippen molar-refractivity contribution in [2.45, 2.75) is 13.3 Å². The van der Waals surface area contributed by atoms with E-state index < -0.39 is 0 Å². The maximum absolute atomic E-state index is 11.9. The molecule has 2 N–H and O–H groups in total. The number of hydrogen-bond donors (Lipinski definition) is 1. The molecule has 5 heteroatoms. The summed E-state index contributed by atoms with van der Waals surface area (Å²) in [6.45, 7) is 2.54. The zero-order valence-corrected chi connectivity index (χ0v) is 11.1. The van der Waals surface area contributed by atoms with Crippen LogP contribution in [0.2, 0.25) is 0 Å². The van der Waals surface area contributed by atoms with E-state index in [1.807, 2.05) is 19.1 Å². The number of nitrogens with zero attached hydrogens (tertiary/aromatic N) is 2. The predicted octanol–water partition coefficient (Wildman–Crippen LogP) is 1.88. The van der Waals surface area contributed by atoms with Gasteiger partial charge >= 0.3 is 0 Å². The summed E-state index contributed by atoms with van der Waals surface area (Å²) in [7, 11) is 1.74. The number of hydrogen-bond acceptors (Lipinski definition) is 4. The number of aryl methyl sites for hydroxylation is 1. The first-order valence-electron chi connectivity index (χ1n) is 6.08. The van der Waals surface area contributed by atoms with Gasteiger partial charge in [0.05, 0.1) is 6.26 Å². The van der Waals surface area contributed by atoms with Crippen LogP contribution in [0.4, 0.5) is 5.82 Å². The van der Waals surface area contributed by atoms with Gasteiger partial charge in [-0.2, -0.15) is 0 Å². The Morgan fingerprint density at radius 3 is 2.89 bits per heavy atom. The summed E-state index contributed by atoms with van der Waals surface area (Å²) in [5, 5.41) is 0. The Labute approximate surface area is 112 Å². The molecule has 0 fully saturated rings. The van der Waals surface area contributed by atoms with Gasteiger partial charge in [-0.25, -0.2) is 4.98 Å². The minimum atomic E-state index is -0.134. The molecule has 0 aliphatic heterocycles. The second kappa shape index (κ2) is 5.56. The lowest BCUT2D eigenvalue weighted by molar-refractivity contribution is 0.0765. The topological polar surface area (TPSA) is 72.4 Å². The lowest BCUT2D eigenvalue weighted by atomic mass is 10.2. The number of amides is 1. The number of likely N-dealkylation sites (N-methyl/N-ethyl adjacent to an activating group) is 1. The van der Waals surface area contributed by atoms with E-state index in [0.717, 1.165) is 11.3 Å². The summed E-state index contributed by atoms with van der Waals surface area (Å²) in [6.07, 6.45) is 2.15. The lowest BCUT2D eigenvalue weighted by Gasteiger charge is -2.15. The van der Waals surface area contributed by atoms with Gasteiger partial charge in [-0.1, -0.05) is 0 Å². The Morgan fingerprint density at radius 1 is 1.47 bits per heavy atom. The van der Waals surface area contributed by atoms with E-state index in [1.54, 1.807) is 24.1 Å². The first-order chi connectivity index (χ1) is 9.06. The largest absolute Gasteiger partial charge is 0.459 e. The van der Waals surface area contributed by atoms with Crippen LogP contribution in [-0.2, 0) is 6.42 Å². The zero-order chi connectivity index (χ0) is 13.8. The molecule has 0 aliphatic carbocycles. The number of anilines is 1. The van der Waals surface area contributed by atoms with Gasteiger partial charge in [0.1, 0.15) is 5.82 Å². The van der Waals surface area contributed by atoms with Crippen LogP contribution in [-0.4, -0.2) is 29.4 Å². The highest BCUT2D eigenvalue weighted by atomic mass is 16.3. The molecule has 2 rings (SSSR count). The van der Waals surface area contributed by atoms with Crippen LogP contribution < -0.4 is 5.73 Å². The maximum Gasteiger partial charge on any atom is 0.289 e. The minimum absolute atomic E-state index is 0.134. The van der Waals surface area contributed by atoms with Crippen molar-refractivity contribution in [1.29, 1.82) is 0 Å². The molecule has 0 saturated heterocycles. The van der Waals surface area contributed by atoms with Gasteiger partial charge in [0.15, 0.2) is 5.76 Å². The normalized spacial score (nSPS) is 10.4. The highest BCUT2D eigenvalue weighted by Crippen LogP contribution is 2.09. The Kier molecular flexibility index (Phi) is 3.85. The molecule has 1 amide bonds. The number of nitrogen functional groups attached to an aromatic ring is 1. The second-order valence-electron chi connectivity index (χ2n) is 4.51. The fraction of sp³-hybridized carbons (Fsp3) is 0.286. The van der Waals surface area contributed by atoms with Gasteiger partial charge in [-0.05, 0) is 36.8 Å². The minimum Gasteiger partial charge on any atom is -0.459 e. The SMILES string of the molecule is Cc1cc(N)nc(CCN(C)C(=O)c2ccco2)c1. The molecule has 2 aromatic rings. The quantitative estimate of drug-likeness (QED) is 0.910. The molecule has 0 atom stereocenters. The van der Waals surface area contributed by atoms with Crippen LogP contribution in [0, 0.1) is 6.92 Å². The standard InChI is InChI=1S/C14H17N3O2/c1-10-8-11(16-13(15)9-10)5-6-17(2)14(18)12-4-3-7-19-12/h3-4,7-9H,5-6H2,1-2H3,(H2,15,16). The molecule has 0 aliphatic rings. The van der Waals surface area contributed by atoms with Crippen molar-refractivity contribution in [1.82, 2.24) is 9.88 Å². The third-order valence-electron chi connectivity index (χ3n) is 2.82. The van der Waals surface area contributed by atoms with Crippen molar-refractivity contribution in [2.24, 2.45) is 0 Å². The summed E-state index contributed by atoms with van der Waals surface area (Å²) < 4.78 is 5.08. The van der Waals surface area contributed by atoms with E-state index in [4.69, 9.17) is 10.2 Å². The molecule has 2 aromatic heterocycles. The van der Waals surface area contributed by atoms with Crippen LogP contribution in [0.15, 0.2) is 34.9 Å². The Bertz CT molecular complexity index is 544. The number of carbonyl (C=O) groups is 1. The maximum atomic E-state index is 11.9. The van der Waals surface area contributed by atoms with E-state index in [9.17, 15) is 4.79 Å². The molecule has 19 heavy (non-hydrogen) atoms. The average Bonchev–Trinajstić information content (AvgIpc) is 2.87. The third kappa shape index (κ3) is 3.34. The molecule has 5 nitrogen and oxygen atoms in total. The molecule has 0 spiro atoms. The van der Waals surface area contributed by atoms with Crippen LogP contribution in [0.5, 0.6) is 0 Å². The summed E-state index contributed by atoms with van der Waals surface area (Å²) in [5.74, 6) is 0.722. The fourth-order valence-electron chi connectivity index (χ4n) is 1.87. The van der Waals surface area contributed by atoms with Gasteiger partial charge in [0.25, 0.3) is 5.91 Å². The lowest BCUT2D eigenvalue weighted by Crippen LogP contribution is -2.28. The summed E-state index contributed by atoms with van der Waals surface area (Å²) in [6, 6.07) is 7.15. The predicted molar refractivity (Wildman–Crippen MR) is 72.8 cm³/mol. The van der Waals surface area contributed by atoms with Crippen molar-refractivity contribution in [3.63, 3.8) is 0 Å². The Morgan fingerprint density at radius 2 is 2.26 bits per heavy atom. The number of carbonyl (C=O) groups excluding carboxylic acids is 1. The summed E-state index contributed by atoms with van der Waals surface area (Å²) in [4.78, 5) is 17.8. The molecule has 0 radical (unpaired) electrons. The van der Waals surface area contributed by atoms with Gasteiger partial charge in [-0.15, -0.1) is 0 Å². The smallest absolute Gasteiger partial charge is 0.289 e. The molecule has 0 saturated carbocycles. The Hall–Kier alpha value is -2.30. The monoisotopic (exact) mass is 259 g/mol. The van der Waals surface area contributed by atoms with Crippen molar-refractivity contribution >= 4 is 11.7 Å². The van der Waals surface area contributed by atoms with Crippen LogP contribution in [0.1, 0.15) is 21.8 Å². The van der Waals surface area contributed by atoms with Gasteiger partial charge < -0.3 is 15.1 Å². The molecule has 100 valence electrons. The van der Waals surface area contributed by atoms with Gasteiger partial charge in [0.2, 0.25) is 0 Å². The highest BCUT2D eigenvalue weighted by Gasteiger charge is 2.14. The number of pyridine rings is 1. The van der Waals surface area contributed by atoms with Crippen molar-refractivity contribution in [2.75, 3.05) is 19.3 Å². The van der Waals surface area contributed by atoms with E-state index >= 15 is 0 Å². The highest BCUT2D eigenvalue weighted by molar-refractivity contribution is 5.91. The number of rotatable bonds is 4. The van der Waals surface area contributed by atoms with Crippen molar-refractivity contribution in [3.8, 4) is 0 Å². The third-order valence-corrected chi connectivity index (χ3v) is 2.82. The number of nitrogens with two attached hydrogens (primary N) is 1. The second-order valence-corrected chi connectivity index (χ2v) is 4.51. The van der Waals surface area contributed by atoms with E-state index in [-0.39, 0.29) is 5.91 Å². The molecule has 0 aromatic carbocycles.